The lowest BCUT2D eigenvalue weighted by molar-refractivity contribution is -0.143. The molecule has 1 unspecified atom stereocenters. The molecule has 15 heavy (non-hydrogen) atoms. The molecule has 0 rings (SSSR count). The van der Waals surface area contributed by atoms with Gasteiger partial charge in [0, 0.05) is 12.7 Å². The van der Waals surface area contributed by atoms with Crippen molar-refractivity contribution in [1.82, 2.24) is 5.32 Å². The van der Waals surface area contributed by atoms with Crippen LogP contribution in [0.1, 0.15) is 13.8 Å². The van der Waals surface area contributed by atoms with E-state index in [0.29, 0.717) is 0 Å². The Morgan fingerprint density at radius 1 is 1.40 bits per heavy atom. The van der Waals surface area contributed by atoms with Crippen LogP contribution in [0.2, 0.25) is 0 Å². The number of hydrogen-bond donors (Lipinski definition) is 2. The molecule has 1 N–H and O–H groups in total. The molecule has 0 aliphatic heterocycles. The van der Waals surface area contributed by atoms with Crippen molar-refractivity contribution in [3.8, 4) is 0 Å². The van der Waals surface area contributed by atoms with E-state index in [4.69, 9.17) is 0 Å². The highest BCUT2D eigenvalue weighted by atomic mass is 32.1. The number of thiol groups is 1. The van der Waals surface area contributed by atoms with Crippen LogP contribution in [0.15, 0.2) is 0 Å². The highest BCUT2D eigenvalue weighted by Crippen LogP contribution is 1.95. The molecule has 0 heterocycles. The third kappa shape index (κ3) is 5.95. The number of nitrogens with one attached hydrogen (secondary N) is 1. The highest BCUT2D eigenvalue weighted by molar-refractivity contribution is 7.80. The van der Waals surface area contributed by atoms with Crippen molar-refractivity contribution in [2.75, 3.05) is 12.4 Å². The fourth-order valence-electron chi connectivity index (χ4n) is 0.725. The van der Waals surface area contributed by atoms with Gasteiger partial charge in [-0.15, -0.1) is 0 Å². The first kappa shape index (κ1) is 13.8. The summed E-state index contributed by atoms with van der Waals surface area (Å²) in [4.78, 5) is 32.6. The van der Waals surface area contributed by atoms with Crippen LogP contribution < -0.4 is 5.32 Å². The maximum atomic E-state index is 11.2. The van der Waals surface area contributed by atoms with Crippen LogP contribution in [0.3, 0.4) is 0 Å². The quantitative estimate of drug-likeness (QED) is 0.411. The van der Waals surface area contributed by atoms with Crippen molar-refractivity contribution in [2.45, 2.75) is 19.9 Å². The van der Waals surface area contributed by atoms with Crippen molar-refractivity contribution in [3.05, 3.63) is 0 Å². The third-order valence-corrected chi connectivity index (χ3v) is 1.66. The maximum Gasteiger partial charge on any atom is 0.516 e. The lowest BCUT2D eigenvalue weighted by Crippen LogP contribution is -2.42. The van der Waals surface area contributed by atoms with E-state index in [1.807, 2.05) is 0 Å². The second-order valence-electron chi connectivity index (χ2n) is 2.54. The van der Waals surface area contributed by atoms with Gasteiger partial charge in [-0.05, 0) is 6.92 Å². The standard InChI is InChI=1S/C8H13NO5S/c1-3-13-8(12)14-7(11)6(4-15)9-5(2)10/h6,15H,3-4H2,1-2H3,(H,9,10). The van der Waals surface area contributed by atoms with Gasteiger partial charge in [-0.25, -0.2) is 9.59 Å². The van der Waals surface area contributed by atoms with E-state index >= 15 is 0 Å². The Kier molecular flexibility index (Phi) is 6.52. The Hall–Kier alpha value is -1.24. The number of esters is 1. The van der Waals surface area contributed by atoms with Crippen LogP contribution in [-0.2, 0) is 19.1 Å². The summed E-state index contributed by atoms with van der Waals surface area (Å²) in [6.45, 7) is 2.93. The summed E-state index contributed by atoms with van der Waals surface area (Å²) in [5.74, 6) is -1.26. The summed E-state index contributed by atoms with van der Waals surface area (Å²) in [5, 5.41) is 2.28. The molecule has 0 saturated heterocycles. The van der Waals surface area contributed by atoms with Crippen molar-refractivity contribution >= 4 is 30.7 Å². The molecule has 0 aromatic heterocycles. The molecule has 0 radical (unpaired) electrons. The summed E-state index contributed by atoms with van der Waals surface area (Å²) < 4.78 is 8.67. The van der Waals surface area contributed by atoms with E-state index in [0.717, 1.165) is 0 Å². The van der Waals surface area contributed by atoms with Gasteiger partial charge in [-0.2, -0.15) is 12.6 Å². The van der Waals surface area contributed by atoms with Crippen LogP contribution in [-0.4, -0.2) is 36.4 Å². The normalized spacial score (nSPS) is 11.4. The van der Waals surface area contributed by atoms with Crippen LogP contribution in [0.25, 0.3) is 0 Å². The van der Waals surface area contributed by atoms with E-state index in [9.17, 15) is 14.4 Å². The number of carbonyl (C=O) groups excluding carboxylic acids is 3. The van der Waals surface area contributed by atoms with Gasteiger partial charge in [-0.3, -0.25) is 4.79 Å². The molecule has 0 aliphatic rings. The molecule has 0 saturated carbocycles. The van der Waals surface area contributed by atoms with Crippen LogP contribution >= 0.6 is 12.6 Å². The lowest BCUT2D eigenvalue weighted by Gasteiger charge is -2.12. The van der Waals surface area contributed by atoms with Crippen LogP contribution in [0.5, 0.6) is 0 Å². The SMILES string of the molecule is CCOC(=O)OC(=O)C(CS)NC(C)=O. The minimum atomic E-state index is -1.08. The third-order valence-electron chi connectivity index (χ3n) is 1.29. The van der Waals surface area contributed by atoms with Crippen molar-refractivity contribution in [1.29, 1.82) is 0 Å². The Bertz CT molecular complexity index is 255. The summed E-state index contributed by atoms with van der Waals surface area (Å²) >= 11 is 3.84. The number of carbonyl (C=O) groups is 3. The van der Waals surface area contributed by atoms with Gasteiger partial charge in [0.05, 0.1) is 6.61 Å². The highest BCUT2D eigenvalue weighted by Gasteiger charge is 2.22. The molecule has 86 valence electrons. The van der Waals surface area contributed by atoms with Gasteiger partial charge in [-0.1, -0.05) is 0 Å². The Morgan fingerprint density at radius 2 is 2.00 bits per heavy atom. The average Bonchev–Trinajstić information content (AvgIpc) is 2.13. The van der Waals surface area contributed by atoms with E-state index in [1.54, 1.807) is 6.92 Å². The average molecular weight is 235 g/mol. The van der Waals surface area contributed by atoms with Crippen LogP contribution in [0, 0.1) is 0 Å². The second kappa shape index (κ2) is 7.10. The Morgan fingerprint density at radius 3 is 2.40 bits per heavy atom. The summed E-state index contributed by atoms with van der Waals surface area (Å²) in [6.07, 6.45) is -1.08. The zero-order valence-corrected chi connectivity index (χ0v) is 9.37. The predicted octanol–water partition coefficient (Wildman–Crippen LogP) is 0.121. The number of ether oxygens (including phenoxy) is 2. The Labute approximate surface area is 92.7 Å². The maximum absolute atomic E-state index is 11.2. The molecule has 0 aromatic carbocycles. The molecular weight excluding hydrogens is 222 g/mol. The van der Waals surface area contributed by atoms with E-state index in [-0.39, 0.29) is 12.4 Å². The zero-order valence-electron chi connectivity index (χ0n) is 8.48. The molecule has 7 heteroatoms. The van der Waals surface area contributed by atoms with Gasteiger partial charge < -0.3 is 14.8 Å². The monoisotopic (exact) mass is 235 g/mol. The minimum absolute atomic E-state index is 0.0395. The van der Waals surface area contributed by atoms with Crippen molar-refractivity contribution < 1.29 is 23.9 Å². The van der Waals surface area contributed by atoms with Gasteiger partial charge in [0.2, 0.25) is 5.91 Å². The number of hydrogen-bond acceptors (Lipinski definition) is 6. The van der Waals surface area contributed by atoms with Gasteiger partial charge in [0.25, 0.3) is 0 Å². The fourth-order valence-corrected chi connectivity index (χ4v) is 0.965. The molecule has 0 aromatic rings. The number of amides is 1. The van der Waals surface area contributed by atoms with Crippen molar-refractivity contribution in [3.63, 3.8) is 0 Å². The largest absolute Gasteiger partial charge is 0.516 e. The van der Waals surface area contributed by atoms with E-state index < -0.39 is 24.1 Å². The van der Waals surface area contributed by atoms with Crippen LogP contribution in [0.4, 0.5) is 4.79 Å². The van der Waals surface area contributed by atoms with E-state index in [2.05, 4.69) is 27.4 Å². The molecule has 6 nitrogen and oxygen atoms in total. The van der Waals surface area contributed by atoms with Gasteiger partial charge in [0.15, 0.2) is 0 Å². The minimum Gasteiger partial charge on any atom is -0.434 e. The van der Waals surface area contributed by atoms with E-state index in [1.165, 1.54) is 6.92 Å². The van der Waals surface area contributed by atoms with Crippen molar-refractivity contribution in [2.24, 2.45) is 0 Å². The molecule has 0 spiro atoms. The fraction of sp³-hybridized carbons (Fsp3) is 0.625. The summed E-state index contributed by atoms with van der Waals surface area (Å²) in [7, 11) is 0. The second-order valence-corrected chi connectivity index (χ2v) is 2.90. The lowest BCUT2D eigenvalue weighted by atomic mass is 10.3. The summed E-state index contributed by atoms with van der Waals surface area (Å²) in [6, 6.07) is -0.949. The summed E-state index contributed by atoms with van der Waals surface area (Å²) in [5.41, 5.74) is 0. The van der Waals surface area contributed by atoms with Gasteiger partial charge in [0.1, 0.15) is 6.04 Å². The number of rotatable bonds is 4. The molecular formula is C8H13NO5S. The predicted molar refractivity (Wildman–Crippen MR) is 54.6 cm³/mol. The zero-order chi connectivity index (χ0) is 11.8. The topological polar surface area (TPSA) is 81.7 Å². The molecule has 1 amide bonds. The first-order valence-corrected chi connectivity index (χ1v) is 4.90. The molecule has 0 aliphatic carbocycles. The first-order chi connectivity index (χ1) is 7.01. The molecule has 0 fully saturated rings. The Balaban J connectivity index is 4.15. The smallest absolute Gasteiger partial charge is 0.434 e. The van der Waals surface area contributed by atoms with Gasteiger partial charge >= 0.3 is 12.1 Å². The molecule has 0 bridgehead atoms. The first-order valence-electron chi connectivity index (χ1n) is 4.27. The molecule has 1 atom stereocenters.